The van der Waals surface area contributed by atoms with E-state index in [1.165, 1.54) is 11.1 Å². The summed E-state index contributed by atoms with van der Waals surface area (Å²) in [6.45, 7) is 4.27. The third-order valence-corrected chi connectivity index (χ3v) is 3.80. The highest BCUT2D eigenvalue weighted by molar-refractivity contribution is 7.99. The quantitative estimate of drug-likeness (QED) is 0.715. The van der Waals surface area contributed by atoms with Gasteiger partial charge in [0.05, 0.1) is 0 Å². The first-order valence-electron chi connectivity index (χ1n) is 5.88. The summed E-state index contributed by atoms with van der Waals surface area (Å²) in [6.07, 6.45) is 0.890. The number of nitrogens with one attached hydrogen (secondary N) is 1. The van der Waals surface area contributed by atoms with Gasteiger partial charge in [0.2, 0.25) is 0 Å². The van der Waals surface area contributed by atoms with Gasteiger partial charge in [0, 0.05) is 30.5 Å². The van der Waals surface area contributed by atoms with Crippen molar-refractivity contribution in [1.29, 1.82) is 0 Å². The first kappa shape index (κ1) is 14.8. The van der Waals surface area contributed by atoms with E-state index in [1.54, 1.807) is 0 Å². The summed E-state index contributed by atoms with van der Waals surface area (Å²) < 4.78 is 0. The molecule has 0 aromatic heterocycles. The van der Waals surface area contributed by atoms with Crippen LogP contribution in [0.5, 0.6) is 0 Å². The summed E-state index contributed by atoms with van der Waals surface area (Å²) in [7, 11) is 0. The number of rotatable bonds is 8. The zero-order valence-corrected chi connectivity index (χ0v) is 11.8. The van der Waals surface area contributed by atoms with Gasteiger partial charge in [-0.15, -0.1) is 0 Å². The number of aryl methyl sites for hydroxylation is 1. The molecule has 0 aliphatic carbocycles. The van der Waals surface area contributed by atoms with E-state index < -0.39 is 0 Å². The van der Waals surface area contributed by atoms with Crippen LogP contribution in [0.15, 0.2) is 18.2 Å². The average Bonchev–Trinajstić information content (AvgIpc) is 2.30. The van der Waals surface area contributed by atoms with Crippen LogP contribution in [0.4, 0.5) is 0 Å². The van der Waals surface area contributed by atoms with Crippen LogP contribution in [-0.2, 0) is 6.54 Å². The molecule has 0 unspecified atom stereocenters. The van der Waals surface area contributed by atoms with Crippen LogP contribution in [0.1, 0.15) is 17.5 Å². The van der Waals surface area contributed by atoms with Gasteiger partial charge in [0.1, 0.15) is 0 Å². The molecule has 4 heteroatoms. The van der Waals surface area contributed by atoms with Crippen molar-refractivity contribution < 1.29 is 5.11 Å². The number of aliphatic hydroxyl groups is 1. The molecule has 1 aromatic carbocycles. The summed E-state index contributed by atoms with van der Waals surface area (Å²) in [5, 5.41) is 12.8. The van der Waals surface area contributed by atoms with Crippen molar-refractivity contribution in [3.8, 4) is 0 Å². The van der Waals surface area contributed by atoms with Crippen molar-refractivity contribution in [3.63, 3.8) is 0 Å². The summed E-state index contributed by atoms with van der Waals surface area (Å²) in [6, 6.07) is 6.00. The Kier molecular flexibility index (Phi) is 7.69. The lowest BCUT2D eigenvalue weighted by molar-refractivity contribution is 0.296. The Hall–Kier alpha value is -0.220. The fraction of sp³-hybridized carbons (Fsp3) is 0.538. The first-order chi connectivity index (χ1) is 8.24. The molecule has 0 bridgehead atoms. The van der Waals surface area contributed by atoms with Gasteiger partial charge < -0.3 is 10.4 Å². The molecule has 2 N–H and O–H groups in total. The van der Waals surface area contributed by atoms with Gasteiger partial charge in [-0.3, -0.25) is 0 Å². The van der Waals surface area contributed by atoms with Gasteiger partial charge in [0.15, 0.2) is 0 Å². The predicted molar refractivity (Wildman–Crippen MR) is 76.9 cm³/mol. The van der Waals surface area contributed by atoms with E-state index in [0.29, 0.717) is 6.61 Å². The summed E-state index contributed by atoms with van der Waals surface area (Å²) in [5.41, 5.74) is 2.53. The highest BCUT2D eigenvalue weighted by Crippen LogP contribution is 2.14. The lowest BCUT2D eigenvalue weighted by atomic mass is 10.1. The SMILES string of the molecule is Cc1cc(Cl)ccc1CNCCSCCCO. The molecule has 0 saturated carbocycles. The summed E-state index contributed by atoms with van der Waals surface area (Å²) in [5.74, 6) is 2.13. The minimum absolute atomic E-state index is 0.296. The van der Waals surface area contributed by atoms with Gasteiger partial charge in [-0.05, 0) is 42.4 Å². The van der Waals surface area contributed by atoms with Gasteiger partial charge in [0.25, 0.3) is 0 Å². The smallest absolute Gasteiger partial charge is 0.0438 e. The fourth-order valence-electron chi connectivity index (χ4n) is 1.49. The zero-order valence-electron chi connectivity index (χ0n) is 10.2. The Labute approximate surface area is 113 Å². The lowest BCUT2D eigenvalue weighted by Gasteiger charge is -2.08. The Morgan fingerprint density at radius 1 is 1.35 bits per heavy atom. The van der Waals surface area contributed by atoms with Gasteiger partial charge in [-0.25, -0.2) is 0 Å². The van der Waals surface area contributed by atoms with Gasteiger partial charge in [-0.2, -0.15) is 11.8 Å². The van der Waals surface area contributed by atoms with E-state index in [1.807, 2.05) is 23.9 Å². The van der Waals surface area contributed by atoms with Crippen LogP contribution >= 0.6 is 23.4 Å². The highest BCUT2D eigenvalue weighted by Gasteiger charge is 1.98. The third kappa shape index (κ3) is 6.32. The van der Waals surface area contributed by atoms with Crippen LogP contribution in [0, 0.1) is 6.92 Å². The number of hydrogen-bond donors (Lipinski definition) is 2. The average molecular weight is 274 g/mol. The first-order valence-corrected chi connectivity index (χ1v) is 7.41. The van der Waals surface area contributed by atoms with E-state index in [9.17, 15) is 0 Å². The predicted octanol–water partition coefficient (Wildman–Crippen LogP) is 2.85. The normalized spacial score (nSPS) is 10.8. The molecule has 96 valence electrons. The van der Waals surface area contributed by atoms with Crippen LogP contribution in [0.2, 0.25) is 5.02 Å². The Balaban J connectivity index is 2.14. The van der Waals surface area contributed by atoms with Gasteiger partial charge >= 0.3 is 0 Å². The number of benzene rings is 1. The van der Waals surface area contributed by atoms with Crippen molar-refractivity contribution in [1.82, 2.24) is 5.32 Å². The molecule has 0 aliphatic rings. The molecule has 0 fully saturated rings. The maximum atomic E-state index is 8.63. The number of halogens is 1. The molecule has 0 aliphatic heterocycles. The standard InChI is InChI=1S/C13H20ClNOS/c1-11-9-13(14)4-3-12(11)10-15-5-8-17-7-2-6-16/h3-4,9,15-16H,2,5-8,10H2,1H3. The zero-order chi connectivity index (χ0) is 12.5. The lowest BCUT2D eigenvalue weighted by Crippen LogP contribution is -2.17. The highest BCUT2D eigenvalue weighted by atomic mass is 35.5. The van der Waals surface area contributed by atoms with Crippen molar-refractivity contribution in [2.45, 2.75) is 19.9 Å². The Morgan fingerprint density at radius 3 is 2.88 bits per heavy atom. The van der Waals surface area contributed by atoms with Gasteiger partial charge in [-0.1, -0.05) is 17.7 Å². The maximum absolute atomic E-state index is 8.63. The molecule has 2 nitrogen and oxygen atoms in total. The molecular weight excluding hydrogens is 254 g/mol. The molecule has 17 heavy (non-hydrogen) atoms. The molecule has 0 radical (unpaired) electrons. The molecule has 0 atom stereocenters. The third-order valence-electron chi connectivity index (χ3n) is 2.49. The molecule has 1 rings (SSSR count). The minimum atomic E-state index is 0.296. The van der Waals surface area contributed by atoms with Crippen LogP contribution in [-0.4, -0.2) is 29.8 Å². The topological polar surface area (TPSA) is 32.3 Å². The van der Waals surface area contributed by atoms with Crippen LogP contribution < -0.4 is 5.32 Å². The molecule has 0 spiro atoms. The second-order valence-electron chi connectivity index (χ2n) is 3.94. The fourth-order valence-corrected chi connectivity index (χ4v) is 2.55. The van der Waals surface area contributed by atoms with E-state index in [2.05, 4.69) is 18.3 Å². The Morgan fingerprint density at radius 2 is 2.18 bits per heavy atom. The van der Waals surface area contributed by atoms with E-state index in [-0.39, 0.29) is 0 Å². The molecule has 1 aromatic rings. The summed E-state index contributed by atoms with van der Waals surface area (Å²) in [4.78, 5) is 0. The van der Waals surface area contributed by atoms with Crippen molar-refractivity contribution >= 4 is 23.4 Å². The van der Waals surface area contributed by atoms with Crippen LogP contribution in [0.25, 0.3) is 0 Å². The van der Waals surface area contributed by atoms with E-state index in [4.69, 9.17) is 16.7 Å². The monoisotopic (exact) mass is 273 g/mol. The number of aliphatic hydroxyl groups excluding tert-OH is 1. The molecular formula is C13H20ClNOS. The minimum Gasteiger partial charge on any atom is -0.396 e. The molecule has 0 amide bonds. The van der Waals surface area contributed by atoms with E-state index >= 15 is 0 Å². The molecule has 0 heterocycles. The second kappa shape index (κ2) is 8.81. The van der Waals surface area contributed by atoms with Crippen molar-refractivity contribution in [3.05, 3.63) is 34.3 Å². The van der Waals surface area contributed by atoms with Crippen molar-refractivity contribution in [2.24, 2.45) is 0 Å². The summed E-state index contributed by atoms with van der Waals surface area (Å²) >= 11 is 7.78. The second-order valence-corrected chi connectivity index (χ2v) is 5.60. The van der Waals surface area contributed by atoms with Crippen molar-refractivity contribution in [2.75, 3.05) is 24.7 Å². The number of hydrogen-bond acceptors (Lipinski definition) is 3. The molecule has 0 saturated heterocycles. The maximum Gasteiger partial charge on any atom is 0.0438 e. The Bertz CT molecular complexity index is 333. The van der Waals surface area contributed by atoms with E-state index in [0.717, 1.165) is 36.0 Å². The largest absolute Gasteiger partial charge is 0.396 e. The van der Waals surface area contributed by atoms with Crippen LogP contribution in [0.3, 0.4) is 0 Å². The number of thioether (sulfide) groups is 1.